The number of carboxylic acids is 4. The third kappa shape index (κ3) is 76.9. The van der Waals surface area contributed by atoms with Crippen LogP contribution in [0.4, 0.5) is 0 Å². The molecule has 0 aromatic rings. The van der Waals surface area contributed by atoms with E-state index >= 15 is 0 Å². The Bertz CT molecular complexity index is 654. The van der Waals surface area contributed by atoms with Gasteiger partial charge in [-0.15, -0.1) is 26.3 Å². The number of carbonyl (C=O) groups is 4. The van der Waals surface area contributed by atoms with Crippen LogP contribution in [0.1, 0.15) is 180 Å². The smallest absolute Gasteiger partial charge is 0.0414 e. The van der Waals surface area contributed by atoms with Crippen molar-refractivity contribution in [3.63, 3.8) is 0 Å². The van der Waals surface area contributed by atoms with Crippen LogP contribution in [0.2, 0.25) is 0 Å². The van der Waals surface area contributed by atoms with Gasteiger partial charge in [0.2, 0.25) is 0 Å². The molecule has 0 amide bonds. The molecule has 0 saturated carbocycles. The van der Waals surface area contributed by atoms with Gasteiger partial charge in [-0.1, -0.05) is 101 Å². The van der Waals surface area contributed by atoms with Gasteiger partial charge < -0.3 is 39.6 Å². The number of hydrogen-bond acceptors (Lipinski definition) is 8. The molecular formula is C40H68O8Pb-4. The third-order valence-electron chi connectivity index (χ3n) is 7.16. The fourth-order valence-electron chi connectivity index (χ4n) is 4.35. The van der Waals surface area contributed by atoms with Crippen molar-refractivity contribution in [2.24, 2.45) is 0 Å². The van der Waals surface area contributed by atoms with Crippen molar-refractivity contribution in [2.45, 2.75) is 180 Å². The Kier molecular flexibility index (Phi) is 60.2. The molecule has 0 aromatic carbocycles. The normalized spacial score (nSPS) is 9.47. The Labute approximate surface area is 319 Å². The van der Waals surface area contributed by atoms with Crippen LogP contribution < -0.4 is 20.4 Å². The fourth-order valence-corrected chi connectivity index (χ4v) is 4.35. The quantitative estimate of drug-likeness (QED) is 0.0437. The molecule has 0 atom stereocenters. The van der Waals surface area contributed by atoms with Crippen molar-refractivity contribution in [2.75, 3.05) is 0 Å². The molecule has 0 unspecified atom stereocenters. The molecule has 0 aliphatic heterocycles. The van der Waals surface area contributed by atoms with E-state index in [1.165, 1.54) is 51.4 Å². The van der Waals surface area contributed by atoms with Gasteiger partial charge in [-0.3, -0.25) is 0 Å². The van der Waals surface area contributed by atoms with Crippen molar-refractivity contribution in [3.05, 3.63) is 50.6 Å². The maximum atomic E-state index is 10.0. The molecule has 0 bridgehead atoms. The predicted molar refractivity (Wildman–Crippen MR) is 196 cm³/mol. The first-order chi connectivity index (χ1) is 23.1. The van der Waals surface area contributed by atoms with Gasteiger partial charge in [-0.05, 0) is 103 Å². The van der Waals surface area contributed by atoms with Crippen molar-refractivity contribution >= 4 is 51.2 Å². The summed E-state index contributed by atoms with van der Waals surface area (Å²) in [7, 11) is 0. The van der Waals surface area contributed by atoms with Crippen LogP contribution in [0.5, 0.6) is 0 Å². The number of allylic oxidation sites excluding steroid dienone is 4. The largest absolute Gasteiger partial charge is 0.550 e. The van der Waals surface area contributed by atoms with Crippen LogP contribution in [-0.4, -0.2) is 51.2 Å². The van der Waals surface area contributed by atoms with Gasteiger partial charge >= 0.3 is 0 Å². The van der Waals surface area contributed by atoms with Gasteiger partial charge in [-0.2, -0.15) is 0 Å². The van der Waals surface area contributed by atoms with Gasteiger partial charge in [0.05, 0.1) is 0 Å². The molecule has 49 heavy (non-hydrogen) atoms. The summed E-state index contributed by atoms with van der Waals surface area (Å²) < 4.78 is 0. The van der Waals surface area contributed by atoms with Crippen molar-refractivity contribution in [1.29, 1.82) is 0 Å². The molecule has 0 rings (SSSR count). The van der Waals surface area contributed by atoms with E-state index < -0.39 is 23.9 Å². The number of carboxylic acid groups (broad SMARTS) is 4. The van der Waals surface area contributed by atoms with Crippen LogP contribution in [0.25, 0.3) is 0 Å². The maximum Gasteiger partial charge on any atom is 0.0414 e. The summed E-state index contributed by atoms with van der Waals surface area (Å²) in [6.45, 7) is 14.5. The number of aliphatic carboxylic acids is 4. The van der Waals surface area contributed by atoms with Crippen molar-refractivity contribution in [1.82, 2.24) is 0 Å². The van der Waals surface area contributed by atoms with Crippen molar-refractivity contribution < 1.29 is 39.6 Å². The molecular weight excluding hydrogens is 816 g/mol. The summed E-state index contributed by atoms with van der Waals surface area (Å²) in [5.41, 5.74) is 0. The van der Waals surface area contributed by atoms with Gasteiger partial charge in [-0.25, -0.2) is 0 Å². The second-order valence-corrected chi connectivity index (χ2v) is 11.9. The van der Waals surface area contributed by atoms with Crippen LogP contribution in [0.3, 0.4) is 0 Å². The first kappa shape index (κ1) is 56.1. The molecule has 0 spiro atoms. The van der Waals surface area contributed by atoms with Gasteiger partial charge in [0, 0.05) is 51.2 Å². The van der Waals surface area contributed by atoms with Crippen LogP contribution in [-0.2, 0) is 19.2 Å². The second kappa shape index (κ2) is 52.6. The maximum absolute atomic E-state index is 10.0. The Morgan fingerprint density at radius 2 is 0.449 bits per heavy atom. The fraction of sp³-hybridized carbons (Fsp3) is 0.700. The van der Waals surface area contributed by atoms with E-state index in [1.54, 1.807) is 0 Å². The number of hydrogen-bond donors (Lipinski definition) is 0. The monoisotopic (exact) mass is 884 g/mol. The van der Waals surface area contributed by atoms with Gasteiger partial charge in [0.1, 0.15) is 0 Å². The minimum atomic E-state index is -0.930. The van der Waals surface area contributed by atoms with Crippen LogP contribution in [0.15, 0.2) is 50.6 Å². The molecule has 0 saturated heterocycles. The number of unbranched alkanes of at least 4 members (excludes halogenated alkanes) is 20. The Morgan fingerprint density at radius 3 is 0.592 bits per heavy atom. The molecule has 9 heteroatoms. The van der Waals surface area contributed by atoms with Crippen LogP contribution in [0, 0.1) is 0 Å². The summed E-state index contributed by atoms with van der Waals surface area (Å²) in [6, 6.07) is 0. The molecule has 0 aliphatic carbocycles. The molecule has 0 fully saturated rings. The molecule has 8 nitrogen and oxygen atoms in total. The SMILES string of the molecule is C=CCCCCCCCC(=O)[O-].C=CCCCCCCCC(=O)[O-].C=CCCCCCCCC(=O)[O-].C=CCCCCCCCC(=O)[O-].[Pb]. The first-order valence-electron chi connectivity index (χ1n) is 18.3. The summed E-state index contributed by atoms with van der Waals surface area (Å²) in [4.78, 5) is 40.0. The average molecular weight is 884 g/mol. The van der Waals surface area contributed by atoms with E-state index in [2.05, 4.69) is 26.3 Å². The van der Waals surface area contributed by atoms with E-state index in [1.807, 2.05) is 24.3 Å². The Hall–Kier alpha value is -2.24. The standard InChI is InChI=1S/4C10H18O2.Pb/c4*1-2-3-4-5-6-7-8-9-10(11)12;/h4*2H,1,3-9H2,(H,11,12);/p-4. The summed E-state index contributed by atoms with van der Waals surface area (Å²) in [5, 5.41) is 40.0. The zero-order valence-corrected chi connectivity index (χ0v) is 34.6. The molecule has 0 heterocycles. The Morgan fingerprint density at radius 1 is 0.306 bits per heavy atom. The molecule has 0 aliphatic rings. The minimum absolute atomic E-state index is 0. The summed E-state index contributed by atoms with van der Waals surface area (Å²) in [5.74, 6) is -3.72. The molecule has 0 N–H and O–H groups in total. The summed E-state index contributed by atoms with van der Waals surface area (Å²) in [6.07, 6.45) is 33.8. The topological polar surface area (TPSA) is 161 Å². The van der Waals surface area contributed by atoms with E-state index in [0.29, 0.717) is 0 Å². The van der Waals surface area contributed by atoms with E-state index in [0.717, 1.165) is 103 Å². The second-order valence-electron chi connectivity index (χ2n) is 11.9. The third-order valence-corrected chi connectivity index (χ3v) is 7.16. The van der Waals surface area contributed by atoms with E-state index in [4.69, 9.17) is 0 Å². The predicted octanol–water partition coefficient (Wildman–Crippen LogP) is 6.23. The Balaban J connectivity index is -0.000000174. The number of carbonyl (C=O) groups excluding carboxylic acids is 4. The zero-order valence-electron chi connectivity index (χ0n) is 30.7. The molecule has 0 aromatic heterocycles. The van der Waals surface area contributed by atoms with Gasteiger partial charge in [0.25, 0.3) is 0 Å². The molecule has 284 valence electrons. The average Bonchev–Trinajstić information content (AvgIpc) is 3.03. The van der Waals surface area contributed by atoms with Gasteiger partial charge in [0.15, 0.2) is 0 Å². The zero-order chi connectivity index (χ0) is 36.9. The molecule has 4 radical (unpaired) electrons. The van der Waals surface area contributed by atoms with E-state index in [-0.39, 0.29) is 53.0 Å². The first-order valence-corrected chi connectivity index (χ1v) is 18.3. The van der Waals surface area contributed by atoms with Crippen molar-refractivity contribution in [3.8, 4) is 0 Å². The summed E-state index contributed by atoms with van der Waals surface area (Å²) >= 11 is 0. The minimum Gasteiger partial charge on any atom is -0.550 e. The van der Waals surface area contributed by atoms with Crippen LogP contribution >= 0.6 is 0 Å². The van der Waals surface area contributed by atoms with E-state index in [9.17, 15) is 39.6 Å². The number of rotatable bonds is 32.